The van der Waals surface area contributed by atoms with Gasteiger partial charge < -0.3 is 10.2 Å². The Morgan fingerprint density at radius 2 is 1.96 bits per heavy atom. The molecule has 2 aromatic rings. The van der Waals surface area contributed by atoms with Crippen LogP contribution >= 0.6 is 11.3 Å². The zero-order chi connectivity index (χ0) is 18.0. The van der Waals surface area contributed by atoms with Crippen molar-refractivity contribution in [1.82, 2.24) is 15.1 Å². The molecule has 1 aromatic carbocycles. The number of nitrogens with one attached hydrogen (secondary N) is 1. The van der Waals surface area contributed by atoms with Gasteiger partial charge >= 0.3 is 0 Å². The van der Waals surface area contributed by atoms with Crippen LogP contribution in [0.2, 0.25) is 0 Å². The second kappa shape index (κ2) is 7.21. The van der Waals surface area contributed by atoms with Crippen molar-refractivity contribution in [1.29, 1.82) is 0 Å². The Morgan fingerprint density at radius 1 is 1.24 bits per heavy atom. The van der Waals surface area contributed by atoms with Gasteiger partial charge in [0.2, 0.25) is 5.91 Å². The van der Waals surface area contributed by atoms with Gasteiger partial charge in [-0.2, -0.15) is 0 Å². The van der Waals surface area contributed by atoms with Gasteiger partial charge in [-0.05, 0) is 31.6 Å². The topological polar surface area (TPSA) is 52.7 Å². The van der Waals surface area contributed by atoms with Gasteiger partial charge in [-0.25, -0.2) is 0 Å². The number of thiophene rings is 1. The smallest absolute Gasteiger partial charge is 0.259 e. The Morgan fingerprint density at radius 3 is 2.56 bits per heavy atom. The lowest BCUT2D eigenvalue weighted by Gasteiger charge is -2.24. The molecule has 0 radical (unpaired) electrons. The van der Waals surface area contributed by atoms with Crippen LogP contribution in [0.25, 0.3) is 5.70 Å². The lowest BCUT2D eigenvalue weighted by Crippen LogP contribution is -2.40. The summed E-state index contributed by atoms with van der Waals surface area (Å²) in [6, 6.07) is 11.5. The predicted molar refractivity (Wildman–Crippen MR) is 100 cm³/mol. The lowest BCUT2D eigenvalue weighted by atomic mass is 10.1. The number of fused-ring (bicyclic) bond motifs is 1. The molecule has 3 rings (SSSR count). The largest absolute Gasteiger partial charge is 0.353 e. The highest BCUT2D eigenvalue weighted by Crippen LogP contribution is 2.30. The molecule has 1 aliphatic heterocycles. The quantitative estimate of drug-likeness (QED) is 0.867. The minimum atomic E-state index is -0.189. The minimum Gasteiger partial charge on any atom is -0.353 e. The third-order valence-corrected chi connectivity index (χ3v) is 5.30. The zero-order valence-electron chi connectivity index (χ0n) is 14.4. The highest BCUT2D eigenvalue weighted by Gasteiger charge is 2.32. The number of rotatable bonds is 6. The number of amides is 2. The van der Waals surface area contributed by atoms with Crippen molar-refractivity contribution in [2.24, 2.45) is 0 Å². The molecular formula is C19H21N3O2S. The second-order valence-electron chi connectivity index (χ2n) is 6.18. The standard InChI is InChI=1S/C19H21N3O2S/c1-13-14-7-4-5-8-15(14)19(24)22(13)12-18(23)20-11-16(21(2)3)17-9-6-10-25-17/h4-10,16H,1,11-12H2,2-3H3,(H,20,23). The summed E-state index contributed by atoms with van der Waals surface area (Å²) in [4.78, 5) is 29.5. The van der Waals surface area contributed by atoms with E-state index in [1.54, 1.807) is 17.4 Å². The van der Waals surface area contributed by atoms with Crippen LogP contribution in [0.5, 0.6) is 0 Å². The zero-order valence-corrected chi connectivity index (χ0v) is 15.2. The van der Waals surface area contributed by atoms with E-state index >= 15 is 0 Å². The van der Waals surface area contributed by atoms with Gasteiger partial charge in [-0.1, -0.05) is 30.8 Å². The molecule has 0 spiro atoms. The van der Waals surface area contributed by atoms with Gasteiger partial charge in [0, 0.05) is 28.2 Å². The summed E-state index contributed by atoms with van der Waals surface area (Å²) in [7, 11) is 3.97. The molecular weight excluding hydrogens is 334 g/mol. The maximum atomic E-state index is 12.5. The number of benzene rings is 1. The maximum Gasteiger partial charge on any atom is 0.259 e. The Hall–Kier alpha value is -2.44. The average Bonchev–Trinajstić information content (AvgIpc) is 3.19. The molecule has 5 nitrogen and oxygen atoms in total. The molecule has 2 heterocycles. The van der Waals surface area contributed by atoms with Crippen LogP contribution in [0.1, 0.15) is 26.8 Å². The molecule has 6 heteroatoms. The normalized spacial score (nSPS) is 14.8. The molecule has 1 aromatic heterocycles. The number of carbonyl (C=O) groups is 2. The average molecular weight is 355 g/mol. The molecule has 1 N–H and O–H groups in total. The summed E-state index contributed by atoms with van der Waals surface area (Å²) in [5, 5.41) is 4.96. The van der Waals surface area contributed by atoms with E-state index in [0.29, 0.717) is 17.8 Å². The summed E-state index contributed by atoms with van der Waals surface area (Å²) in [6.07, 6.45) is 0. The Labute approximate surface area is 151 Å². The van der Waals surface area contributed by atoms with Crippen LogP contribution in [0.4, 0.5) is 0 Å². The summed E-state index contributed by atoms with van der Waals surface area (Å²) < 4.78 is 0. The van der Waals surface area contributed by atoms with E-state index < -0.39 is 0 Å². The molecule has 1 aliphatic rings. The van der Waals surface area contributed by atoms with Crippen molar-refractivity contribution in [2.45, 2.75) is 6.04 Å². The fraction of sp³-hybridized carbons (Fsp3) is 0.263. The van der Waals surface area contributed by atoms with E-state index in [4.69, 9.17) is 0 Å². The molecule has 1 atom stereocenters. The first-order chi connectivity index (χ1) is 12.0. The van der Waals surface area contributed by atoms with Gasteiger partial charge in [0.25, 0.3) is 5.91 Å². The van der Waals surface area contributed by atoms with Crippen LogP contribution in [0.15, 0.2) is 48.4 Å². The van der Waals surface area contributed by atoms with Crippen molar-refractivity contribution >= 4 is 28.8 Å². The van der Waals surface area contributed by atoms with Gasteiger partial charge in [0.05, 0.1) is 6.04 Å². The second-order valence-corrected chi connectivity index (χ2v) is 7.16. The summed E-state index contributed by atoms with van der Waals surface area (Å²) in [6.45, 7) is 4.44. The number of hydrogen-bond acceptors (Lipinski definition) is 4. The monoisotopic (exact) mass is 355 g/mol. The molecule has 0 bridgehead atoms. The highest BCUT2D eigenvalue weighted by atomic mass is 32.1. The van der Waals surface area contributed by atoms with Gasteiger partial charge in [-0.3, -0.25) is 14.5 Å². The molecule has 0 aliphatic carbocycles. The lowest BCUT2D eigenvalue weighted by molar-refractivity contribution is -0.121. The minimum absolute atomic E-state index is 0.0169. The van der Waals surface area contributed by atoms with Crippen LogP contribution < -0.4 is 5.32 Å². The van der Waals surface area contributed by atoms with Crippen LogP contribution in [-0.4, -0.2) is 48.8 Å². The SMILES string of the molecule is C=C1c2ccccc2C(=O)N1CC(=O)NCC(c1cccs1)N(C)C. The van der Waals surface area contributed by atoms with Crippen LogP contribution in [0, 0.1) is 0 Å². The predicted octanol–water partition coefficient (Wildman–Crippen LogP) is 2.59. The Bertz CT molecular complexity index is 764. The van der Waals surface area contributed by atoms with E-state index in [9.17, 15) is 9.59 Å². The number of hydrogen-bond donors (Lipinski definition) is 1. The first kappa shape index (κ1) is 17.4. The molecule has 0 saturated carbocycles. The molecule has 2 amide bonds. The third kappa shape index (κ3) is 3.50. The van der Waals surface area contributed by atoms with Crippen LogP contribution in [-0.2, 0) is 4.79 Å². The molecule has 130 valence electrons. The van der Waals surface area contributed by atoms with Crippen molar-refractivity contribution in [3.63, 3.8) is 0 Å². The number of nitrogens with zero attached hydrogens (tertiary/aromatic N) is 2. The maximum absolute atomic E-state index is 12.5. The fourth-order valence-corrected chi connectivity index (χ4v) is 3.85. The summed E-state index contributed by atoms with van der Waals surface area (Å²) in [5.74, 6) is -0.358. The van der Waals surface area contributed by atoms with Crippen molar-refractivity contribution in [3.05, 3.63) is 64.4 Å². The van der Waals surface area contributed by atoms with Crippen molar-refractivity contribution in [2.75, 3.05) is 27.2 Å². The molecule has 0 saturated heterocycles. The molecule has 25 heavy (non-hydrogen) atoms. The van der Waals surface area contributed by atoms with E-state index in [0.717, 1.165) is 5.56 Å². The van der Waals surface area contributed by atoms with E-state index in [1.165, 1.54) is 9.78 Å². The number of carbonyl (C=O) groups excluding carboxylic acids is 2. The molecule has 0 fully saturated rings. The Balaban J connectivity index is 1.62. The van der Waals surface area contributed by atoms with Gasteiger partial charge in [0.15, 0.2) is 0 Å². The Kier molecular flexibility index (Phi) is 5.01. The van der Waals surface area contributed by atoms with E-state index in [-0.39, 0.29) is 24.4 Å². The first-order valence-electron chi connectivity index (χ1n) is 8.05. The van der Waals surface area contributed by atoms with Crippen LogP contribution in [0.3, 0.4) is 0 Å². The highest BCUT2D eigenvalue weighted by molar-refractivity contribution is 7.10. The summed E-state index contributed by atoms with van der Waals surface area (Å²) in [5.41, 5.74) is 1.98. The summed E-state index contributed by atoms with van der Waals surface area (Å²) >= 11 is 1.66. The van der Waals surface area contributed by atoms with Gasteiger partial charge in [0.1, 0.15) is 6.54 Å². The van der Waals surface area contributed by atoms with Crippen molar-refractivity contribution in [3.8, 4) is 0 Å². The molecule has 1 unspecified atom stereocenters. The van der Waals surface area contributed by atoms with E-state index in [1.807, 2.05) is 43.7 Å². The van der Waals surface area contributed by atoms with Gasteiger partial charge in [-0.15, -0.1) is 11.3 Å². The first-order valence-corrected chi connectivity index (χ1v) is 8.93. The van der Waals surface area contributed by atoms with E-state index in [2.05, 4.69) is 22.9 Å². The third-order valence-electron chi connectivity index (χ3n) is 4.33. The van der Waals surface area contributed by atoms with Crippen molar-refractivity contribution < 1.29 is 9.59 Å². The number of likely N-dealkylation sites (N-methyl/N-ethyl adjacent to an activating group) is 1. The fourth-order valence-electron chi connectivity index (χ4n) is 2.93.